The molecule has 2 aromatic rings. The minimum Gasteiger partial charge on any atom is -0.490 e. The van der Waals surface area contributed by atoms with Crippen LogP contribution in [0, 0.1) is 6.92 Å². The molecule has 4 heteroatoms. The zero-order valence-electron chi connectivity index (χ0n) is 10.6. The van der Waals surface area contributed by atoms with Crippen LogP contribution < -0.4 is 10.5 Å². The Bertz CT molecular complexity index is 572. The standard InChI is InChI=1S/C15H16ClNO2/c1-10-8-11(16)6-7-15(10)19-9-14(18)12-4-2-3-5-13(12)17/h2-8,14,18H,9,17H2,1H3. The lowest BCUT2D eigenvalue weighted by Crippen LogP contribution is -2.12. The highest BCUT2D eigenvalue weighted by molar-refractivity contribution is 6.30. The fourth-order valence-corrected chi connectivity index (χ4v) is 2.07. The van der Waals surface area contributed by atoms with E-state index in [4.69, 9.17) is 22.1 Å². The number of benzene rings is 2. The third-order valence-corrected chi connectivity index (χ3v) is 3.12. The van der Waals surface area contributed by atoms with Gasteiger partial charge in [0, 0.05) is 16.3 Å². The van der Waals surface area contributed by atoms with E-state index in [1.807, 2.05) is 25.1 Å². The van der Waals surface area contributed by atoms with Gasteiger partial charge in [0.05, 0.1) is 0 Å². The molecule has 0 fully saturated rings. The summed E-state index contributed by atoms with van der Waals surface area (Å²) in [6.45, 7) is 2.06. The van der Waals surface area contributed by atoms with Gasteiger partial charge in [-0.2, -0.15) is 0 Å². The van der Waals surface area contributed by atoms with Crippen LogP contribution in [0.1, 0.15) is 17.2 Å². The van der Waals surface area contributed by atoms with Gasteiger partial charge in [0.2, 0.25) is 0 Å². The Kier molecular flexibility index (Phi) is 4.30. The average Bonchev–Trinajstić information content (AvgIpc) is 2.38. The zero-order valence-corrected chi connectivity index (χ0v) is 11.4. The first-order valence-corrected chi connectivity index (χ1v) is 6.37. The Labute approximate surface area is 117 Å². The summed E-state index contributed by atoms with van der Waals surface area (Å²) in [6.07, 6.45) is -0.753. The van der Waals surface area contributed by atoms with Gasteiger partial charge >= 0.3 is 0 Å². The van der Waals surface area contributed by atoms with Crippen LogP contribution in [0.15, 0.2) is 42.5 Å². The minimum absolute atomic E-state index is 0.149. The average molecular weight is 278 g/mol. The lowest BCUT2D eigenvalue weighted by molar-refractivity contribution is 0.108. The molecule has 0 bridgehead atoms. The van der Waals surface area contributed by atoms with Crippen molar-refractivity contribution < 1.29 is 9.84 Å². The van der Waals surface area contributed by atoms with Crippen LogP contribution in [0.5, 0.6) is 5.75 Å². The van der Waals surface area contributed by atoms with Gasteiger partial charge in [-0.15, -0.1) is 0 Å². The van der Waals surface area contributed by atoms with Gasteiger partial charge in [-0.3, -0.25) is 0 Å². The summed E-state index contributed by atoms with van der Waals surface area (Å²) in [6, 6.07) is 12.6. The Morgan fingerprint density at radius 1 is 1.26 bits per heavy atom. The molecule has 0 aliphatic carbocycles. The van der Waals surface area contributed by atoms with E-state index in [9.17, 15) is 5.11 Å². The summed E-state index contributed by atoms with van der Waals surface area (Å²) in [5.74, 6) is 0.706. The minimum atomic E-state index is -0.753. The van der Waals surface area contributed by atoms with E-state index in [0.717, 1.165) is 5.56 Å². The smallest absolute Gasteiger partial charge is 0.122 e. The van der Waals surface area contributed by atoms with Gasteiger partial charge in [0.25, 0.3) is 0 Å². The topological polar surface area (TPSA) is 55.5 Å². The summed E-state index contributed by atoms with van der Waals surface area (Å²) in [4.78, 5) is 0. The van der Waals surface area contributed by atoms with Gasteiger partial charge in [0.1, 0.15) is 18.5 Å². The first-order chi connectivity index (χ1) is 9.08. The van der Waals surface area contributed by atoms with Crippen LogP contribution in [0.3, 0.4) is 0 Å². The molecule has 0 saturated carbocycles. The highest BCUT2D eigenvalue weighted by Gasteiger charge is 2.12. The Balaban J connectivity index is 2.04. The quantitative estimate of drug-likeness (QED) is 0.843. The molecule has 1 unspecified atom stereocenters. The van der Waals surface area contributed by atoms with Crippen LogP contribution in [-0.4, -0.2) is 11.7 Å². The van der Waals surface area contributed by atoms with E-state index in [2.05, 4.69) is 0 Å². The van der Waals surface area contributed by atoms with E-state index in [1.165, 1.54) is 0 Å². The monoisotopic (exact) mass is 277 g/mol. The van der Waals surface area contributed by atoms with Crippen molar-refractivity contribution in [2.45, 2.75) is 13.0 Å². The molecular weight excluding hydrogens is 262 g/mol. The fraction of sp³-hybridized carbons (Fsp3) is 0.200. The van der Waals surface area contributed by atoms with Gasteiger partial charge < -0.3 is 15.6 Å². The number of anilines is 1. The molecule has 0 saturated heterocycles. The van der Waals surface area contributed by atoms with Crippen LogP contribution in [0.2, 0.25) is 5.02 Å². The largest absolute Gasteiger partial charge is 0.490 e. The number of ether oxygens (including phenoxy) is 1. The molecule has 0 amide bonds. The Hall–Kier alpha value is -1.71. The van der Waals surface area contributed by atoms with Gasteiger partial charge in [-0.1, -0.05) is 29.8 Å². The lowest BCUT2D eigenvalue weighted by atomic mass is 10.1. The maximum atomic E-state index is 10.1. The second-order valence-corrected chi connectivity index (χ2v) is 4.80. The third kappa shape index (κ3) is 3.40. The summed E-state index contributed by atoms with van der Waals surface area (Å²) in [7, 11) is 0. The van der Waals surface area contributed by atoms with Gasteiger partial charge in [0.15, 0.2) is 0 Å². The van der Waals surface area contributed by atoms with Crippen molar-refractivity contribution in [3.05, 3.63) is 58.6 Å². The number of nitrogen functional groups attached to an aromatic ring is 1. The predicted molar refractivity (Wildman–Crippen MR) is 77.5 cm³/mol. The van der Waals surface area contributed by atoms with Crippen LogP contribution in [0.4, 0.5) is 5.69 Å². The van der Waals surface area contributed by atoms with Crippen molar-refractivity contribution in [2.75, 3.05) is 12.3 Å². The van der Waals surface area contributed by atoms with Crippen molar-refractivity contribution in [3.63, 3.8) is 0 Å². The Morgan fingerprint density at radius 2 is 2.00 bits per heavy atom. The number of aliphatic hydroxyl groups excluding tert-OH is 1. The molecule has 1 atom stereocenters. The van der Waals surface area contributed by atoms with E-state index in [-0.39, 0.29) is 6.61 Å². The number of hydrogen-bond acceptors (Lipinski definition) is 3. The van der Waals surface area contributed by atoms with E-state index < -0.39 is 6.10 Å². The highest BCUT2D eigenvalue weighted by atomic mass is 35.5. The Morgan fingerprint density at radius 3 is 2.68 bits per heavy atom. The van der Waals surface area contributed by atoms with Crippen molar-refractivity contribution in [3.8, 4) is 5.75 Å². The van der Waals surface area contributed by atoms with Crippen LogP contribution in [-0.2, 0) is 0 Å². The molecular formula is C15H16ClNO2. The first-order valence-electron chi connectivity index (χ1n) is 5.99. The summed E-state index contributed by atoms with van der Waals surface area (Å²) >= 11 is 5.87. The molecule has 0 aliphatic rings. The fourth-order valence-electron chi connectivity index (χ4n) is 1.85. The summed E-state index contributed by atoms with van der Waals surface area (Å²) in [5.41, 5.74) is 7.98. The molecule has 0 heterocycles. The molecule has 2 aromatic carbocycles. The normalized spacial score (nSPS) is 12.2. The van der Waals surface area contributed by atoms with Crippen LogP contribution in [0.25, 0.3) is 0 Å². The maximum absolute atomic E-state index is 10.1. The number of rotatable bonds is 4. The highest BCUT2D eigenvalue weighted by Crippen LogP contribution is 2.25. The number of halogens is 1. The number of aryl methyl sites for hydroxylation is 1. The van der Waals surface area contributed by atoms with Crippen molar-refractivity contribution >= 4 is 17.3 Å². The zero-order chi connectivity index (χ0) is 13.8. The molecule has 0 aromatic heterocycles. The van der Waals surface area contributed by atoms with E-state index in [0.29, 0.717) is 22.0 Å². The van der Waals surface area contributed by atoms with E-state index >= 15 is 0 Å². The van der Waals surface area contributed by atoms with Crippen molar-refractivity contribution in [1.82, 2.24) is 0 Å². The van der Waals surface area contributed by atoms with Gasteiger partial charge in [-0.25, -0.2) is 0 Å². The molecule has 3 N–H and O–H groups in total. The van der Waals surface area contributed by atoms with Gasteiger partial charge in [-0.05, 0) is 36.8 Å². The van der Waals surface area contributed by atoms with Crippen molar-refractivity contribution in [1.29, 1.82) is 0 Å². The molecule has 3 nitrogen and oxygen atoms in total. The second kappa shape index (κ2) is 5.95. The molecule has 0 spiro atoms. The third-order valence-electron chi connectivity index (χ3n) is 2.89. The summed E-state index contributed by atoms with van der Waals surface area (Å²) < 4.78 is 5.60. The van der Waals surface area contributed by atoms with Crippen molar-refractivity contribution in [2.24, 2.45) is 0 Å². The number of nitrogens with two attached hydrogens (primary N) is 1. The predicted octanol–water partition coefficient (Wildman–Crippen LogP) is 3.34. The van der Waals surface area contributed by atoms with E-state index in [1.54, 1.807) is 24.3 Å². The number of para-hydroxylation sites is 1. The van der Waals surface area contributed by atoms with Crippen LogP contribution >= 0.6 is 11.6 Å². The molecule has 0 radical (unpaired) electrons. The second-order valence-electron chi connectivity index (χ2n) is 4.37. The molecule has 0 aliphatic heterocycles. The maximum Gasteiger partial charge on any atom is 0.122 e. The molecule has 2 rings (SSSR count). The molecule has 19 heavy (non-hydrogen) atoms. The number of aliphatic hydroxyl groups is 1. The first kappa shape index (κ1) is 13.7. The number of hydrogen-bond donors (Lipinski definition) is 2. The lowest BCUT2D eigenvalue weighted by Gasteiger charge is -2.15. The SMILES string of the molecule is Cc1cc(Cl)ccc1OCC(O)c1ccccc1N. The summed E-state index contributed by atoms with van der Waals surface area (Å²) in [5, 5.41) is 10.7. The molecule has 100 valence electrons.